The zero-order chi connectivity index (χ0) is 16.9. The number of anilines is 1. The van der Waals surface area contributed by atoms with Gasteiger partial charge in [-0.15, -0.1) is 0 Å². The maximum atomic E-state index is 12.1. The molecule has 7 heteroatoms. The lowest BCUT2D eigenvalue weighted by Gasteiger charge is -2.05. The number of imidazole rings is 1. The molecule has 2 aromatic carbocycles. The van der Waals surface area contributed by atoms with E-state index in [1.165, 1.54) is 11.8 Å². The molecular formula is C17H16BrN3O2S. The molecule has 0 saturated heterocycles. The highest BCUT2D eigenvalue weighted by molar-refractivity contribution is 9.10. The van der Waals surface area contributed by atoms with Crippen LogP contribution in [-0.2, 0) is 4.79 Å². The molecular weight excluding hydrogens is 390 g/mol. The van der Waals surface area contributed by atoms with E-state index in [4.69, 9.17) is 4.74 Å². The molecule has 1 amide bonds. The van der Waals surface area contributed by atoms with Crippen LogP contribution in [0.3, 0.4) is 0 Å². The van der Waals surface area contributed by atoms with Crippen molar-refractivity contribution in [1.82, 2.24) is 9.97 Å². The number of ether oxygens (including phenoxy) is 1. The van der Waals surface area contributed by atoms with Gasteiger partial charge in [0.25, 0.3) is 0 Å². The number of thioether (sulfide) groups is 1. The van der Waals surface area contributed by atoms with Crippen LogP contribution in [0, 0.1) is 0 Å². The summed E-state index contributed by atoms with van der Waals surface area (Å²) < 4.78 is 6.33. The summed E-state index contributed by atoms with van der Waals surface area (Å²) in [7, 11) is 0. The third kappa shape index (κ3) is 4.10. The summed E-state index contributed by atoms with van der Waals surface area (Å²) in [5, 5.41) is 3.58. The van der Waals surface area contributed by atoms with Gasteiger partial charge in [-0.1, -0.05) is 23.9 Å². The van der Waals surface area contributed by atoms with Crippen molar-refractivity contribution in [3.8, 4) is 5.75 Å². The number of aromatic amines is 1. The van der Waals surface area contributed by atoms with Crippen LogP contribution in [0.5, 0.6) is 5.75 Å². The molecule has 24 heavy (non-hydrogen) atoms. The quantitative estimate of drug-likeness (QED) is 0.594. The minimum atomic E-state index is -0.0811. The molecule has 3 aromatic rings. The first-order valence-electron chi connectivity index (χ1n) is 7.45. The summed E-state index contributed by atoms with van der Waals surface area (Å²) in [5.41, 5.74) is 2.51. The van der Waals surface area contributed by atoms with Crippen LogP contribution in [0.25, 0.3) is 11.0 Å². The van der Waals surface area contributed by atoms with Gasteiger partial charge in [0.15, 0.2) is 5.16 Å². The highest BCUT2D eigenvalue weighted by atomic mass is 79.9. The number of carbonyl (C=O) groups is 1. The van der Waals surface area contributed by atoms with E-state index in [0.29, 0.717) is 11.8 Å². The molecule has 0 spiro atoms. The second kappa shape index (κ2) is 7.72. The predicted molar refractivity (Wildman–Crippen MR) is 101 cm³/mol. The van der Waals surface area contributed by atoms with E-state index in [9.17, 15) is 4.79 Å². The number of halogens is 1. The molecule has 0 aliphatic rings. The maximum Gasteiger partial charge on any atom is 0.234 e. The summed E-state index contributed by atoms with van der Waals surface area (Å²) in [6.07, 6.45) is 0. The first-order valence-corrected chi connectivity index (χ1v) is 9.23. The highest BCUT2D eigenvalue weighted by Gasteiger charge is 2.09. The Morgan fingerprint density at radius 2 is 2.17 bits per heavy atom. The van der Waals surface area contributed by atoms with E-state index in [2.05, 4.69) is 31.2 Å². The Morgan fingerprint density at radius 3 is 2.96 bits per heavy atom. The lowest BCUT2D eigenvalue weighted by atomic mass is 10.3. The highest BCUT2D eigenvalue weighted by Crippen LogP contribution is 2.24. The van der Waals surface area contributed by atoms with Gasteiger partial charge in [0, 0.05) is 10.5 Å². The molecule has 0 bridgehead atoms. The molecule has 1 aromatic heterocycles. The van der Waals surface area contributed by atoms with Crippen LogP contribution in [0.1, 0.15) is 6.92 Å². The fourth-order valence-electron chi connectivity index (χ4n) is 2.17. The van der Waals surface area contributed by atoms with E-state index >= 15 is 0 Å². The molecule has 3 rings (SSSR count). The van der Waals surface area contributed by atoms with Gasteiger partial charge in [-0.2, -0.15) is 0 Å². The SMILES string of the molecule is CCOc1ccc2nc(SCC(=O)Nc3ccccc3Br)[nH]c2c1. The molecule has 0 fully saturated rings. The van der Waals surface area contributed by atoms with Gasteiger partial charge in [-0.05, 0) is 47.1 Å². The summed E-state index contributed by atoms with van der Waals surface area (Å²) in [6.45, 7) is 2.57. The van der Waals surface area contributed by atoms with E-state index in [1.807, 2.05) is 49.4 Å². The number of hydrogen-bond acceptors (Lipinski definition) is 4. The Labute approximate surface area is 152 Å². The maximum absolute atomic E-state index is 12.1. The molecule has 0 saturated carbocycles. The van der Waals surface area contributed by atoms with Gasteiger partial charge in [0.1, 0.15) is 5.75 Å². The average molecular weight is 406 g/mol. The summed E-state index contributed by atoms with van der Waals surface area (Å²) in [4.78, 5) is 19.8. The molecule has 5 nitrogen and oxygen atoms in total. The number of benzene rings is 2. The van der Waals surface area contributed by atoms with Gasteiger partial charge in [0.2, 0.25) is 5.91 Å². The number of aromatic nitrogens is 2. The lowest BCUT2D eigenvalue weighted by molar-refractivity contribution is -0.113. The number of fused-ring (bicyclic) bond motifs is 1. The Hall–Kier alpha value is -1.99. The average Bonchev–Trinajstić information content (AvgIpc) is 2.98. The smallest absolute Gasteiger partial charge is 0.234 e. The number of nitrogens with zero attached hydrogens (tertiary/aromatic N) is 1. The third-order valence-corrected chi connectivity index (χ3v) is 4.80. The molecule has 124 valence electrons. The largest absolute Gasteiger partial charge is 0.494 e. The second-order valence-corrected chi connectivity index (χ2v) is 6.79. The summed E-state index contributed by atoms with van der Waals surface area (Å²) in [5.74, 6) is 0.999. The lowest BCUT2D eigenvalue weighted by Crippen LogP contribution is -2.14. The van der Waals surface area contributed by atoms with Gasteiger partial charge in [-0.25, -0.2) is 4.98 Å². The van der Waals surface area contributed by atoms with Gasteiger partial charge in [0.05, 0.1) is 29.1 Å². The van der Waals surface area contributed by atoms with Gasteiger partial charge < -0.3 is 15.0 Å². The molecule has 0 atom stereocenters. The van der Waals surface area contributed by atoms with Crippen LogP contribution in [-0.4, -0.2) is 28.2 Å². The Balaban J connectivity index is 1.62. The molecule has 0 radical (unpaired) electrons. The first kappa shape index (κ1) is 16.9. The van der Waals surface area contributed by atoms with Crippen molar-refractivity contribution in [3.05, 3.63) is 46.9 Å². The van der Waals surface area contributed by atoms with Crippen LogP contribution >= 0.6 is 27.7 Å². The van der Waals surface area contributed by atoms with Crippen molar-refractivity contribution in [2.75, 3.05) is 17.7 Å². The van der Waals surface area contributed by atoms with Crippen LogP contribution < -0.4 is 10.1 Å². The number of carbonyl (C=O) groups excluding carboxylic acids is 1. The van der Waals surface area contributed by atoms with Gasteiger partial charge >= 0.3 is 0 Å². The van der Waals surface area contributed by atoms with Crippen LogP contribution in [0.15, 0.2) is 52.1 Å². The Kier molecular flexibility index (Phi) is 5.42. The van der Waals surface area contributed by atoms with E-state index < -0.39 is 0 Å². The molecule has 1 heterocycles. The van der Waals surface area contributed by atoms with Crippen molar-refractivity contribution in [3.63, 3.8) is 0 Å². The number of para-hydroxylation sites is 1. The molecule has 2 N–H and O–H groups in total. The van der Waals surface area contributed by atoms with Crippen LogP contribution in [0.4, 0.5) is 5.69 Å². The third-order valence-electron chi connectivity index (χ3n) is 3.23. The summed E-state index contributed by atoms with van der Waals surface area (Å²) in [6, 6.07) is 13.2. The zero-order valence-electron chi connectivity index (χ0n) is 13.0. The first-order chi connectivity index (χ1) is 11.7. The van der Waals surface area contributed by atoms with Crippen molar-refractivity contribution in [2.24, 2.45) is 0 Å². The predicted octanol–water partition coefficient (Wildman–Crippen LogP) is 4.45. The van der Waals surface area contributed by atoms with E-state index in [1.54, 1.807) is 0 Å². The van der Waals surface area contributed by atoms with Crippen LogP contribution in [0.2, 0.25) is 0 Å². The van der Waals surface area contributed by atoms with E-state index in [0.717, 1.165) is 26.9 Å². The van der Waals surface area contributed by atoms with E-state index in [-0.39, 0.29) is 11.7 Å². The number of amides is 1. The minimum Gasteiger partial charge on any atom is -0.494 e. The fraction of sp³-hybridized carbons (Fsp3) is 0.176. The number of hydrogen-bond donors (Lipinski definition) is 2. The van der Waals surface area contributed by atoms with Crippen molar-refractivity contribution >= 4 is 50.3 Å². The number of rotatable bonds is 6. The number of nitrogens with one attached hydrogen (secondary N) is 2. The van der Waals surface area contributed by atoms with Crippen molar-refractivity contribution < 1.29 is 9.53 Å². The van der Waals surface area contributed by atoms with Gasteiger partial charge in [-0.3, -0.25) is 4.79 Å². The monoisotopic (exact) mass is 405 g/mol. The Morgan fingerprint density at radius 1 is 1.33 bits per heavy atom. The molecule has 0 aliphatic carbocycles. The van der Waals surface area contributed by atoms with Crippen molar-refractivity contribution in [2.45, 2.75) is 12.1 Å². The summed E-state index contributed by atoms with van der Waals surface area (Å²) >= 11 is 4.78. The normalized spacial score (nSPS) is 10.8. The Bertz CT molecular complexity index is 866. The van der Waals surface area contributed by atoms with Crippen molar-refractivity contribution in [1.29, 1.82) is 0 Å². The fourth-order valence-corrected chi connectivity index (χ4v) is 3.24. The topological polar surface area (TPSA) is 67.0 Å². The minimum absolute atomic E-state index is 0.0811. The second-order valence-electron chi connectivity index (χ2n) is 4.97. The zero-order valence-corrected chi connectivity index (χ0v) is 15.4. The number of H-pyrrole nitrogens is 1. The standard InChI is InChI=1S/C17H16BrN3O2S/c1-2-23-11-7-8-14-15(9-11)21-17(20-14)24-10-16(22)19-13-6-4-3-5-12(13)18/h3-9H,2,10H2,1H3,(H,19,22)(H,20,21). The molecule has 0 aliphatic heterocycles. The molecule has 0 unspecified atom stereocenters.